The van der Waals surface area contributed by atoms with Gasteiger partial charge in [-0.05, 0) is 38.0 Å². The first-order valence-corrected chi connectivity index (χ1v) is 9.95. The highest BCUT2D eigenvalue weighted by molar-refractivity contribution is 6.32. The Morgan fingerprint density at radius 2 is 2.04 bits per heavy atom. The van der Waals surface area contributed by atoms with Crippen LogP contribution in [0.5, 0.6) is 11.5 Å². The van der Waals surface area contributed by atoms with Gasteiger partial charge in [0.2, 0.25) is 0 Å². The molecule has 1 heterocycles. The van der Waals surface area contributed by atoms with Gasteiger partial charge in [0.05, 0.1) is 18.2 Å². The molecule has 0 spiro atoms. The number of hydrogen-bond acceptors (Lipinski definition) is 4. The minimum atomic E-state index is -0.150. The minimum absolute atomic E-state index is 0.0415. The van der Waals surface area contributed by atoms with E-state index in [0.29, 0.717) is 22.1 Å². The van der Waals surface area contributed by atoms with Gasteiger partial charge in [-0.3, -0.25) is 9.69 Å². The number of methoxy groups -OCH3 is 1. The summed E-state index contributed by atoms with van der Waals surface area (Å²) in [7, 11) is 1.54. The number of carbonyl (C=O) groups is 1. The number of likely N-dealkylation sites (tertiary alicyclic amines) is 1. The molecule has 5 nitrogen and oxygen atoms in total. The molecule has 0 bridgehead atoms. The van der Waals surface area contributed by atoms with Crippen LogP contribution in [0.3, 0.4) is 0 Å². The van der Waals surface area contributed by atoms with E-state index in [2.05, 4.69) is 34.5 Å². The summed E-state index contributed by atoms with van der Waals surface area (Å²) < 4.78 is 11.1. The Balaban J connectivity index is 1.62. The smallest absolute Gasteiger partial charge is 0.251 e. The van der Waals surface area contributed by atoms with Gasteiger partial charge in [0, 0.05) is 31.2 Å². The molecule has 1 aliphatic rings. The van der Waals surface area contributed by atoms with Crippen molar-refractivity contribution in [1.29, 1.82) is 0 Å². The number of carbonyl (C=O) groups excluding carboxylic acids is 1. The van der Waals surface area contributed by atoms with Crippen LogP contribution in [0, 0.1) is 0 Å². The zero-order chi connectivity index (χ0) is 20.1. The summed E-state index contributed by atoms with van der Waals surface area (Å²) in [6.07, 6.45) is 0.887. The highest BCUT2D eigenvalue weighted by Gasteiger charge is 2.25. The molecule has 1 atom stereocenters. The van der Waals surface area contributed by atoms with Crippen molar-refractivity contribution in [3.63, 3.8) is 0 Å². The maximum Gasteiger partial charge on any atom is 0.251 e. The molecule has 150 valence electrons. The first-order valence-electron chi connectivity index (χ1n) is 9.57. The molecule has 1 aliphatic heterocycles. The average molecular weight is 403 g/mol. The fraction of sp³-hybridized carbons (Fsp3) is 0.409. The Bertz CT molecular complexity index is 811. The second-order valence-electron chi connectivity index (χ2n) is 7.34. The molecule has 1 fully saturated rings. The second-order valence-corrected chi connectivity index (χ2v) is 7.74. The number of ether oxygens (including phenoxy) is 2. The Labute approximate surface area is 171 Å². The molecule has 0 radical (unpaired) electrons. The maximum absolute atomic E-state index is 12.7. The maximum atomic E-state index is 12.7. The molecular formula is C22H27ClN2O3. The van der Waals surface area contributed by atoms with E-state index in [9.17, 15) is 4.79 Å². The van der Waals surface area contributed by atoms with Gasteiger partial charge < -0.3 is 14.8 Å². The Morgan fingerprint density at radius 1 is 1.29 bits per heavy atom. The molecule has 1 N–H and O–H groups in total. The van der Waals surface area contributed by atoms with Crippen molar-refractivity contribution in [2.24, 2.45) is 0 Å². The molecular weight excluding hydrogens is 376 g/mol. The largest absolute Gasteiger partial charge is 0.493 e. The van der Waals surface area contributed by atoms with E-state index in [4.69, 9.17) is 21.1 Å². The lowest BCUT2D eigenvalue weighted by Crippen LogP contribution is -2.37. The Hall–Kier alpha value is -2.24. The van der Waals surface area contributed by atoms with Crippen molar-refractivity contribution in [3.05, 3.63) is 58.6 Å². The van der Waals surface area contributed by atoms with Crippen LogP contribution in [-0.2, 0) is 6.54 Å². The number of amides is 1. The van der Waals surface area contributed by atoms with E-state index in [1.807, 2.05) is 19.9 Å². The molecule has 0 aliphatic carbocycles. The van der Waals surface area contributed by atoms with Gasteiger partial charge in [-0.25, -0.2) is 0 Å². The van der Waals surface area contributed by atoms with Gasteiger partial charge >= 0.3 is 0 Å². The standard InChI is InChI=1S/C22H27ClN2O3/c1-15(2)28-21-19(23)11-17(12-20(21)27-3)22(26)24-18-9-10-25(14-18)13-16-7-5-4-6-8-16/h4-8,11-12,15,18H,9-10,13-14H2,1-3H3,(H,24,26)/t18-/m1/s1. The van der Waals surface area contributed by atoms with Crippen LogP contribution < -0.4 is 14.8 Å². The van der Waals surface area contributed by atoms with Crippen LogP contribution in [0.4, 0.5) is 0 Å². The molecule has 1 amide bonds. The molecule has 0 saturated carbocycles. The van der Waals surface area contributed by atoms with Gasteiger partial charge in [0.1, 0.15) is 0 Å². The van der Waals surface area contributed by atoms with E-state index < -0.39 is 0 Å². The summed E-state index contributed by atoms with van der Waals surface area (Å²) in [4.78, 5) is 15.1. The van der Waals surface area contributed by atoms with Crippen molar-refractivity contribution in [1.82, 2.24) is 10.2 Å². The van der Waals surface area contributed by atoms with Crippen molar-refractivity contribution in [3.8, 4) is 11.5 Å². The summed E-state index contributed by atoms with van der Waals surface area (Å²) >= 11 is 6.34. The molecule has 2 aromatic rings. The van der Waals surface area contributed by atoms with Crippen LogP contribution in [0.15, 0.2) is 42.5 Å². The van der Waals surface area contributed by atoms with E-state index in [0.717, 1.165) is 26.1 Å². The number of halogens is 1. The average Bonchev–Trinajstić information content (AvgIpc) is 3.10. The molecule has 1 saturated heterocycles. The fourth-order valence-corrected chi connectivity index (χ4v) is 3.66. The van der Waals surface area contributed by atoms with Crippen LogP contribution in [0.2, 0.25) is 5.02 Å². The van der Waals surface area contributed by atoms with Crippen molar-refractivity contribution >= 4 is 17.5 Å². The van der Waals surface area contributed by atoms with Crippen molar-refractivity contribution < 1.29 is 14.3 Å². The summed E-state index contributed by atoms with van der Waals surface area (Å²) in [6, 6.07) is 13.8. The third kappa shape index (κ3) is 5.18. The zero-order valence-electron chi connectivity index (χ0n) is 16.6. The van der Waals surface area contributed by atoms with Gasteiger partial charge in [-0.15, -0.1) is 0 Å². The molecule has 28 heavy (non-hydrogen) atoms. The van der Waals surface area contributed by atoms with Crippen molar-refractivity contribution in [2.75, 3.05) is 20.2 Å². The molecule has 3 rings (SSSR count). The number of hydrogen-bond donors (Lipinski definition) is 1. The Morgan fingerprint density at radius 3 is 2.71 bits per heavy atom. The van der Waals surface area contributed by atoms with Gasteiger partial charge in [-0.2, -0.15) is 0 Å². The summed E-state index contributed by atoms with van der Waals surface area (Å²) in [5, 5.41) is 3.48. The quantitative estimate of drug-likeness (QED) is 0.756. The predicted octanol–water partition coefficient (Wildman–Crippen LogP) is 4.14. The topological polar surface area (TPSA) is 50.8 Å². The zero-order valence-corrected chi connectivity index (χ0v) is 17.3. The lowest BCUT2D eigenvalue weighted by atomic mass is 10.1. The van der Waals surface area contributed by atoms with Crippen LogP contribution in [-0.4, -0.2) is 43.2 Å². The van der Waals surface area contributed by atoms with Gasteiger partial charge in [-0.1, -0.05) is 41.9 Å². The molecule has 6 heteroatoms. The van der Waals surface area contributed by atoms with Crippen LogP contribution >= 0.6 is 11.6 Å². The first-order chi connectivity index (χ1) is 13.5. The summed E-state index contributed by atoms with van der Waals surface area (Å²) in [6.45, 7) is 6.52. The highest BCUT2D eigenvalue weighted by atomic mass is 35.5. The minimum Gasteiger partial charge on any atom is -0.493 e. The number of rotatable bonds is 7. The first kappa shape index (κ1) is 20.5. The van der Waals surface area contributed by atoms with Gasteiger partial charge in [0.25, 0.3) is 5.91 Å². The Kier molecular flexibility index (Phi) is 6.81. The lowest BCUT2D eigenvalue weighted by molar-refractivity contribution is 0.0937. The lowest BCUT2D eigenvalue weighted by Gasteiger charge is -2.18. The SMILES string of the molecule is COc1cc(C(=O)N[C@@H]2CCN(Cc3ccccc3)C2)cc(Cl)c1OC(C)C. The van der Waals surface area contributed by atoms with E-state index in [1.165, 1.54) is 5.56 Å². The third-order valence-corrected chi connectivity index (χ3v) is 4.98. The molecule has 0 unspecified atom stereocenters. The monoisotopic (exact) mass is 402 g/mol. The van der Waals surface area contributed by atoms with E-state index in [-0.39, 0.29) is 18.1 Å². The predicted molar refractivity (Wildman–Crippen MR) is 111 cm³/mol. The van der Waals surface area contributed by atoms with Crippen molar-refractivity contribution in [2.45, 2.75) is 39.0 Å². The van der Waals surface area contributed by atoms with Gasteiger partial charge in [0.15, 0.2) is 11.5 Å². The summed E-state index contributed by atoms with van der Waals surface area (Å²) in [5.74, 6) is 0.775. The van der Waals surface area contributed by atoms with Crippen LogP contribution in [0.1, 0.15) is 36.2 Å². The van der Waals surface area contributed by atoms with E-state index in [1.54, 1.807) is 19.2 Å². The normalized spacial score (nSPS) is 17.0. The number of nitrogens with one attached hydrogen (secondary N) is 1. The second kappa shape index (κ2) is 9.30. The number of benzene rings is 2. The summed E-state index contributed by atoms with van der Waals surface area (Å²) in [5.41, 5.74) is 1.76. The number of nitrogens with zero attached hydrogens (tertiary/aromatic N) is 1. The molecule has 0 aromatic heterocycles. The fourth-order valence-electron chi connectivity index (χ4n) is 3.41. The third-order valence-electron chi connectivity index (χ3n) is 4.70. The van der Waals surface area contributed by atoms with E-state index >= 15 is 0 Å². The molecule has 2 aromatic carbocycles. The van der Waals surface area contributed by atoms with Crippen LogP contribution in [0.25, 0.3) is 0 Å². The highest BCUT2D eigenvalue weighted by Crippen LogP contribution is 2.37.